The van der Waals surface area contributed by atoms with E-state index in [0.717, 1.165) is 11.1 Å². The Bertz CT molecular complexity index is 816. The van der Waals surface area contributed by atoms with Crippen LogP contribution in [-0.2, 0) is 25.5 Å². The molecular weight excluding hydrogens is 356 g/mol. The van der Waals surface area contributed by atoms with Crippen molar-refractivity contribution in [1.82, 2.24) is 4.98 Å². The smallest absolute Gasteiger partial charge is 0.338 e. The summed E-state index contributed by atoms with van der Waals surface area (Å²) in [6, 6.07) is 5.44. The molecule has 0 fully saturated rings. The molecule has 0 atom stereocenters. The van der Waals surface area contributed by atoms with Crippen molar-refractivity contribution in [3.63, 3.8) is 0 Å². The van der Waals surface area contributed by atoms with Crippen LogP contribution in [0, 0.1) is 13.8 Å². The quantitative estimate of drug-likeness (QED) is 0.747. The van der Waals surface area contributed by atoms with Crippen molar-refractivity contribution in [2.75, 3.05) is 18.5 Å². The molecule has 2 aromatic rings. The molecule has 26 heavy (non-hydrogen) atoms. The first-order chi connectivity index (χ1) is 12.4. The van der Waals surface area contributed by atoms with Gasteiger partial charge in [0.2, 0.25) is 0 Å². The maximum Gasteiger partial charge on any atom is 0.338 e. The third-order valence-corrected chi connectivity index (χ3v) is 4.18. The Labute approximate surface area is 155 Å². The van der Waals surface area contributed by atoms with Crippen molar-refractivity contribution in [2.45, 2.75) is 27.2 Å². The lowest BCUT2D eigenvalue weighted by Gasteiger charge is -2.07. The number of aryl methyl sites for hydroxylation is 2. The number of anilines is 1. The van der Waals surface area contributed by atoms with Crippen LogP contribution in [0.4, 0.5) is 5.13 Å². The predicted molar refractivity (Wildman–Crippen MR) is 97.3 cm³/mol. The van der Waals surface area contributed by atoms with Crippen molar-refractivity contribution in [2.24, 2.45) is 0 Å². The second-order valence-corrected chi connectivity index (χ2v) is 6.43. The summed E-state index contributed by atoms with van der Waals surface area (Å²) < 4.78 is 9.89. The van der Waals surface area contributed by atoms with Gasteiger partial charge in [-0.15, -0.1) is 11.3 Å². The van der Waals surface area contributed by atoms with E-state index in [1.54, 1.807) is 25.3 Å². The maximum absolute atomic E-state index is 12.1. The van der Waals surface area contributed by atoms with Gasteiger partial charge in [0.1, 0.15) is 0 Å². The van der Waals surface area contributed by atoms with E-state index >= 15 is 0 Å². The molecule has 1 aromatic heterocycles. The van der Waals surface area contributed by atoms with Gasteiger partial charge in [0.15, 0.2) is 11.7 Å². The van der Waals surface area contributed by atoms with Crippen LogP contribution in [0.15, 0.2) is 23.6 Å². The highest BCUT2D eigenvalue weighted by molar-refractivity contribution is 7.13. The number of nitrogens with one attached hydrogen (secondary N) is 1. The van der Waals surface area contributed by atoms with Crippen molar-refractivity contribution >= 4 is 34.3 Å². The fourth-order valence-electron chi connectivity index (χ4n) is 2.13. The van der Waals surface area contributed by atoms with Crippen LogP contribution in [0.3, 0.4) is 0 Å². The second kappa shape index (κ2) is 9.10. The molecule has 0 saturated carbocycles. The number of hydrogen-bond acceptors (Lipinski definition) is 7. The first-order valence-corrected chi connectivity index (χ1v) is 8.91. The lowest BCUT2D eigenvalue weighted by atomic mass is 10.1. The Morgan fingerprint density at radius 2 is 1.96 bits per heavy atom. The predicted octanol–water partition coefficient (Wildman–Crippen LogP) is 2.66. The topological polar surface area (TPSA) is 94.6 Å². The van der Waals surface area contributed by atoms with Crippen LogP contribution >= 0.6 is 11.3 Å². The molecule has 1 amide bonds. The van der Waals surface area contributed by atoms with Crippen molar-refractivity contribution < 1.29 is 23.9 Å². The maximum atomic E-state index is 12.1. The number of amides is 1. The largest absolute Gasteiger partial charge is 0.466 e. The minimum Gasteiger partial charge on any atom is -0.466 e. The normalized spacial score (nSPS) is 10.3. The van der Waals surface area contributed by atoms with Crippen LogP contribution < -0.4 is 5.32 Å². The van der Waals surface area contributed by atoms with Gasteiger partial charge in [0.05, 0.1) is 24.3 Å². The van der Waals surface area contributed by atoms with Gasteiger partial charge < -0.3 is 9.47 Å². The molecule has 0 aliphatic heterocycles. The molecule has 0 aliphatic carbocycles. The van der Waals surface area contributed by atoms with Crippen LogP contribution in [0.1, 0.15) is 34.1 Å². The number of benzene rings is 1. The zero-order valence-electron chi connectivity index (χ0n) is 14.8. The average molecular weight is 376 g/mol. The van der Waals surface area contributed by atoms with E-state index in [4.69, 9.17) is 9.47 Å². The number of rotatable bonds is 7. The van der Waals surface area contributed by atoms with E-state index in [0.29, 0.717) is 23.0 Å². The molecule has 0 unspecified atom stereocenters. The summed E-state index contributed by atoms with van der Waals surface area (Å²) in [6.07, 6.45) is 0.0435. The van der Waals surface area contributed by atoms with E-state index in [1.165, 1.54) is 11.3 Å². The SMILES string of the molecule is CCOC(=O)Cc1csc(NC(=O)COC(=O)c2cc(C)ccc2C)n1. The highest BCUT2D eigenvalue weighted by atomic mass is 32.1. The van der Waals surface area contributed by atoms with Crippen LogP contribution in [0.5, 0.6) is 0 Å². The summed E-state index contributed by atoms with van der Waals surface area (Å²) in [7, 11) is 0. The molecule has 0 saturated heterocycles. The highest BCUT2D eigenvalue weighted by Gasteiger charge is 2.14. The van der Waals surface area contributed by atoms with E-state index in [1.807, 2.05) is 19.1 Å². The summed E-state index contributed by atoms with van der Waals surface area (Å²) in [5.41, 5.74) is 2.66. The van der Waals surface area contributed by atoms with Gasteiger partial charge in [0, 0.05) is 5.38 Å². The summed E-state index contributed by atoms with van der Waals surface area (Å²) in [6.45, 7) is 5.29. The fraction of sp³-hybridized carbons (Fsp3) is 0.333. The van der Waals surface area contributed by atoms with Crippen LogP contribution in [-0.4, -0.2) is 36.0 Å². The van der Waals surface area contributed by atoms with E-state index in [9.17, 15) is 14.4 Å². The number of esters is 2. The van der Waals surface area contributed by atoms with Crippen molar-refractivity contribution in [3.8, 4) is 0 Å². The number of ether oxygens (including phenoxy) is 2. The Morgan fingerprint density at radius 1 is 1.19 bits per heavy atom. The highest BCUT2D eigenvalue weighted by Crippen LogP contribution is 2.16. The van der Waals surface area contributed by atoms with Gasteiger partial charge >= 0.3 is 11.9 Å². The van der Waals surface area contributed by atoms with Gasteiger partial charge in [-0.2, -0.15) is 0 Å². The first-order valence-electron chi connectivity index (χ1n) is 8.03. The Balaban J connectivity index is 1.85. The fourth-order valence-corrected chi connectivity index (χ4v) is 2.85. The molecule has 1 N–H and O–H groups in total. The molecule has 0 radical (unpaired) electrons. The van der Waals surface area contributed by atoms with Gasteiger partial charge in [-0.05, 0) is 32.4 Å². The minimum absolute atomic E-state index is 0.0435. The number of nitrogens with zero attached hydrogens (tertiary/aromatic N) is 1. The standard InChI is InChI=1S/C18H20N2O5S/c1-4-24-16(22)8-13-10-26-18(19-13)20-15(21)9-25-17(23)14-7-11(2)5-6-12(14)3/h5-7,10H,4,8-9H2,1-3H3,(H,19,20,21). The van der Waals surface area contributed by atoms with E-state index in [-0.39, 0.29) is 12.4 Å². The molecule has 2 rings (SSSR count). The minimum atomic E-state index is -0.552. The Morgan fingerprint density at radius 3 is 2.69 bits per heavy atom. The number of carbonyl (C=O) groups excluding carboxylic acids is 3. The summed E-state index contributed by atoms with van der Waals surface area (Å²) in [4.78, 5) is 39.5. The molecule has 7 nitrogen and oxygen atoms in total. The van der Waals surface area contributed by atoms with Crippen molar-refractivity contribution in [3.05, 3.63) is 46.0 Å². The summed E-state index contributed by atoms with van der Waals surface area (Å²) in [5.74, 6) is -1.43. The lowest BCUT2D eigenvalue weighted by Crippen LogP contribution is -2.21. The van der Waals surface area contributed by atoms with Crippen LogP contribution in [0.2, 0.25) is 0 Å². The summed E-state index contributed by atoms with van der Waals surface area (Å²) >= 11 is 1.18. The Hall–Kier alpha value is -2.74. The third-order valence-electron chi connectivity index (χ3n) is 3.38. The number of carbonyl (C=O) groups is 3. The zero-order chi connectivity index (χ0) is 19.1. The molecule has 138 valence electrons. The van der Waals surface area contributed by atoms with E-state index in [2.05, 4.69) is 10.3 Å². The molecule has 0 bridgehead atoms. The second-order valence-electron chi connectivity index (χ2n) is 5.57. The Kier molecular flexibility index (Phi) is 6.85. The van der Waals surface area contributed by atoms with Crippen LogP contribution in [0.25, 0.3) is 0 Å². The lowest BCUT2D eigenvalue weighted by molar-refractivity contribution is -0.142. The third kappa shape index (κ3) is 5.66. The molecule has 8 heteroatoms. The zero-order valence-corrected chi connectivity index (χ0v) is 15.6. The molecule has 1 aromatic carbocycles. The monoisotopic (exact) mass is 376 g/mol. The van der Waals surface area contributed by atoms with E-state index < -0.39 is 18.5 Å². The van der Waals surface area contributed by atoms with Gasteiger partial charge in [-0.25, -0.2) is 9.78 Å². The summed E-state index contributed by atoms with van der Waals surface area (Å²) in [5, 5.41) is 4.53. The first kappa shape index (κ1) is 19.6. The van der Waals surface area contributed by atoms with Crippen molar-refractivity contribution in [1.29, 1.82) is 0 Å². The average Bonchev–Trinajstić information content (AvgIpc) is 3.01. The van der Waals surface area contributed by atoms with Gasteiger partial charge in [-0.1, -0.05) is 17.7 Å². The van der Waals surface area contributed by atoms with Gasteiger partial charge in [-0.3, -0.25) is 14.9 Å². The number of aromatic nitrogens is 1. The molecule has 0 spiro atoms. The molecule has 0 aliphatic rings. The van der Waals surface area contributed by atoms with Gasteiger partial charge in [0.25, 0.3) is 5.91 Å². The molecule has 1 heterocycles. The number of hydrogen-bond donors (Lipinski definition) is 1. The number of thiazole rings is 1. The molecular formula is C18H20N2O5S.